The molecule has 0 spiro atoms. The molecule has 2 rings (SSSR count). The summed E-state index contributed by atoms with van der Waals surface area (Å²) >= 11 is 0. The number of aliphatic hydroxyl groups is 1. The fourth-order valence-electron chi connectivity index (χ4n) is 3.14. The summed E-state index contributed by atoms with van der Waals surface area (Å²) in [5.74, 6) is 0. The highest BCUT2D eigenvalue weighted by Crippen LogP contribution is 2.26. The van der Waals surface area contributed by atoms with Gasteiger partial charge < -0.3 is 15.3 Å². The average Bonchev–Trinajstić information content (AvgIpc) is 2.74. The molecule has 1 aliphatic rings. The Hall–Kier alpha value is -2.52. The van der Waals surface area contributed by atoms with E-state index in [2.05, 4.69) is 79.0 Å². The zero-order valence-electron chi connectivity index (χ0n) is 17.0. The van der Waals surface area contributed by atoms with Crippen molar-refractivity contribution in [2.45, 2.75) is 32.2 Å². The molecule has 0 bridgehead atoms. The van der Waals surface area contributed by atoms with E-state index < -0.39 is 0 Å². The molecule has 0 amide bonds. The molecule has 146 valence electrons. The van der Waals surface area contributed by atoms with Crippen LogP contribution < -0.4 is 5.32 Å². The quantitative estimate of drug-likeness (QED) is 0.642. The zero-order valence-corrected chi connectivity index (χ0v) is 17.0. The standard InChI is InChI=1S/C23H30N2.CH4O/c1-5-10-20(11-6-2)18-24-22-14-16-23(17-15-22)25(4)19(3)21-12-8-7-9-13-21;1-2/h5-14,23-24H,1,3,15-18H2,2,4H3;2H,1H3/b11-6-,20-10+;. The lowest BCUT2D eigenvalue weighted by atomic mass is 9.96. The van der Waals surface area contributed by atoms with E-state index in [1.807, 2.05) is 19.1 Å². The fraction of sp³-hybridized carbons (Fsp3) is 0.333. The maximum absolute atomic E-state index is 7.00. The fourth-order valence-corrected chi connectivity index (χ4v) is 3.14. The van der Waals surface area contributed by atoms with Crippen molar-refractivity contribution < 1.29 is 5.11 Å². The second-order valence-corrected chi connectivity index (χ2v) is 6.41. The molecule has 1 aromatic carbocycles. The second-order valence-electron chi connectivity index (χ2n) is 6.41. The van der Waals surface area contributed by atoms with Crippen LogP contribution in [-0.2, 0) is 0 Å². The summed E-state index contributed by atoms with van der Waals surface area (Å²) in [6, 6.07) is 10.9. The van der Waals surface area contributed by atoms with Gasteiger partial charge in [0.05, 0.1) is 0 Å². The third-order valence-electron chi connectivity index (χ3n) is 4.70. The maximum atomic E-state index is 7.00. The molecule has 3 heteroatoms. The maximum Gasteiger partial charge on any atom is 0.0397 e. The summed E-state index contributed by atoms with van der Waals surface area (Å²) < 4.78 is 0. The van der Waals surface area contributed by atoms with Gasteiger partial charge in [-0.3, -0.25) is 0 Å². The summed E-state index contributed by atoms with van der Waals surface area (Å²) in [7, 11) is 3.16. The van der Waals surface area contributed by atoms with E-state index in [4.69, 9.17) is 5.11 Å². The minimum absolute atomic E-state index is 0.511. The molecular formula is C24H34N2O. The minimum atomic E-state index is 0.511. The van der Waals surface area contributed by atoms with Gasteiger partial charge in [-0.1, -0.05) is 73.9 Å². The first-order valence-electron chi connectivity index (χ1n) is 9.44. The Kier molecular flexibility index (Phi) is 10.7. The normalized spacial score (nSPS) is 16.8. The molecule has 0 aromatic heterocycles. The molecule has 0 saturated heterocycles. The first kappa shape index (κ1) is 22.5. The van der Waals surface area contributed by atoms with Crippen molar-refractivity contribution >= 4 is 5.70 Å². The van der Waals surface area contributed by atoms with Crippen LogP contribution in [0.1, 0.15) is 31.7 Å². The van der Waals surface area contributed by atoms with E-state index >= 15 is 0 Å². The number of hydrogen-bond acceptors (Lipinski definition) is 3. The van der Waals surface area contributed by atoms with Gasteiger partial charge in [-0.2, -0.15) is 0 Å². The van der Waals surface area contributed by atoms with Crippen molar-refractivity contribution in [3.8, 4) is 0 Å². The Balaban J connectivity index is 0.00000176. The minimum Gasteiger partial charge on any atom is -0.400 e. The summed E-state index contributed by atoms with van der Waals surface area (Å²) in [5.41, 5.74) is 4.88. The molecule has 1 aliphatic carbocycles. The van der Waals surface area contributed by atoms with Crippen LogP contribution in [0.2, 0.25) is 0 Å². The number of rotatable bonds is 8. The Bertz CT molecular complexity index is 671. The van der Waals surface area contributed by atoms with Crippen LogP contribution in [0.5, 0.6) is 0 Å². The van der Waals surface area contributed by atoms with E-state index in [-0.39, 0.29) is 0 Å². The molecule has 1 unspecified atom stereocenters. The van der Waals surface area contributed by atoms with Crippen LogP contribution in [0, 0.1) is 0 Å². The lowest BCUT2D eigenvalue weighted by Crippen LogP contribution is -2.33. The van der Waals surface area contributed by atoms with Crippen LogP contribution >= 0.6 is 0 Å². The SMILES string of the molecule is C=C/C=C(\C=C/C)CNC1=CCC(N(C)C(=C)c2ccccc2)CC1.CO. The second kappa shape index (κ2) is 12.8. The number of aliphatic hydroxyl groups excluding tert-OH is 1. The number of benzene rings is 1. The third-order valence-corrected chi connectivity index (χ3v) is 4.70. The average molecular weight is 367 g/mol. The lowest BCUT2D eigenvalue weighted by Gasteiger charge is -2.34. The van der Waals surface area contributed by atoms with Crippen molar-refractivity contribution in [3.05, 3.63) is 90.7 Å². The summed E-state index contributed by atoms with van der Waals surface area (Å²) in [6.07, 6.45) is 13.7. The van der Waals surface area contributed by atoms with Crippen LogP contribution in [0.4, 0.5) is 0 Å². The number of hydrogen-bond donors (Lipinski definition) is 2. The molecule has 1 aromatic rings. The summed E-state index contributed by atoms with van der Waals surface area (Å²) in [5, 5.41) is 10.6. The highest BCUT2D eigenvalue weighted by atomic mass is 16.2. The van der Waals surface area contributed by atoms with Crippen molar-refractivity contribution in [2.24, 2.45) is 0 Å². The zero-order chi connectivity index (χ0) is 20.1. The molecule has 0 saturated carbocycles. The van der Waals surface area contributed by atoms with Gasteiger partial charge in [0, 0.05) is 38.1 Å². The van der Waals surface area contributed by atoms with Gasteiger partial charge in [-0.05, 0) is 37.3 Å². The van der Waals surface area contributed by atoms with Crippen molar-refractivity contribution in [1.29, 1.82) is 0 Å². The van der Waals surface area contributed by atoms with Crippen molar-refractivity contribution in [1.82, 2.24) is 10.2 Å². The Morgan fingerprint density at radius 2 is 2.00 bits per heavy atom. The van der Waals surface area contributed by atoms with Crippen LogP contribution in [0.3, 0.4) is 0 Å². The molecular weight excluding hydrogens is 332 g/mol. The van der Waals surface area contributed by atoms with E-state index in [0.29, 0.717) is 6.04 Å². The molecule has 0 radical (unpaired) electrons. The van der Waals surface area contributed by atoms with Gasteiger partial charge in [-0.15, -0.1) is 0 Å². The van der Waals surface area contributed by atoms with Crippen LogP contribution in [0.15, 0.2) is 85.1 Å². The number of nitrogens with one attached hydrogen (secondary N) is 1. The van der Waals surface area contributed by atoms with Crippen molar-refractivity contribution in [3.63, 3.8) is 0 Å². The van der Waals surface area contributed by atoms with Gasteiger partial charge in [0.1, 0.15) is 0 Å². The number of nitrogens with zero attached hydrogens (tertiary/aromatic N) is 1. The predicted octanol–water partition coefficient (Wildman–Crippen LogP) is 4.91. The molecule has 1 atom stereocenters. The topological polar surface area (TPSA) is 35.5 Å². The summed E-state index contributed by atoms with van der Waals surface area (Å²) in [4.78, 5) is 2.32. The molecule has 0 fully saturated rings. The molecule has 3 nitrogen and oxygen atoms in total. The monoisotopic (exact) mass is 366 g/mol. The molecule has 2 N–H and O–H groups in total. The lowest BCUT2D eigenvalue weighted by molar-refractivity contribution is 0.318. The van der Waals surface area contributed by atoms with Gasteiger partial charge in [0.25, 0.3) is 0 Å². The Morgan fingerprint density at radius 1 is 1.30 bits per heavy atom. The molecule has 0 aliphatic heterocycles. The highest BCUT2D eigenvalue weighted by Gasteiger charge is 2.20. The Labute approximate surface area is 165 Å². The van der Waals surface area contributed by atoms with E-state index in [1.165, 1.54) is 16.8 Å². The van der Waals surface area contributed by atoms with Gasteiger partial charge in [-0.25, -0.2) is 0 Å². The van der Waals surface area contributed by atoms with E-state index in [9.17, 15) is 0 Å². The third kappa shape index (κ3) is 7.32. The first-order chi connectivity index (χ1) is 13.2. The van der Waals surface area contributed by atoms with Crippen molar-refractivity contribution in [2.75, 3.05) is 20.7 Å². The largest absolute Gasteiger partial charge is 0.400 e. The highest BCUT2D eigenvalue weighted by molar-refractivity contribution is 5.61. The predicted molar refractivity (Wildman–Crippen MR) is 118 cm³/mol. The smallest absolute Gasteiger partial charge is 0.0397 e. The number of allylic oxidation sites excluding steroid dienone is 4. The van der Waals surface area contributed by atoms with Crippen LogP contribution in [-0.4, -0.2) is 36.8 Å². The van der Waals surface area contributed by atoms with Gasteiger partial charge in [0.2, 0.25) is 0 Å². The molecule has 27 heavy (non-hydrogen) atoms. The summed E-state index contributed by atoms with van der Waals surface area (Å²) in [6.45, 7) is 11.0. The Morgan fingerprint density at radius 3 is 2.56 bits per heavy atom. The van der Waals surface area contributed by atoms with E-state index in [1.54, 1.807) is 0 Å². The van der Waals surface area contributed by atoms with Gasteiger partial charge in [0.15, 0.2) is 0 Å². The first-order valence-corrected chi connectivity index (χ1v) is 9.44. The van der Waals surface area contributed by atoms with Crippen LogP contribution in [0.25, 0.3) is 5.70 Å². The molecule has 0 heterocycles. The van der Waals surface area contributed by atoms with Gasteiger partial charge >= 0.3 is 0 Å². The van der Waals surface area contributed by atoms with E-state index in [0.717, 1.165) is 38.6 Å².